The normalized spacial score (nSPS) is 20.3. The Labute approximate surface area is 192 Å². The summed E-state index contributed by atoms with van der Waals surface area (Å²) in [5.74, 6) is 1.83. The number of aryl methyl sites for hydroxylation is 1. The first-order valence-corrected chi connectivity index (χ1v) is 12.0. The minimum atomic E-state index is 0.280. The molecule has 3 atom stereocenters. The number of aromatic nitrogens is 1. The molecule has 3 unspecified atom stereocenters. The fourth-order valence-electron chi connectivity index (χ4n) is 5.44. The smallest absolute Gasteiger partial charge is 0.119 e. The van der Waals surface area contributed by atoms with Gasteiger partial charge in [-0.1, -0.05) is 37.3 Å². The predicted octanol–water partition coefficient (Wildman–Crippen LogP) is 5.65. The maximum atomic E-state index is 10.2. The molecule has 170 valence electrons. The van der Waals surface area contributed by atoms with Crippen LogP contribution in [0.25, 0.3) is 10.9 Å². The number of hydrogen-bond donors (Lipinski definition) is 1. The number of nitrogens with zero attached hydrogens (tertiary/aromatic N) is 2. The van der Waals surface area contributed by atoms with Crippen molar-refractivity contribution >= 4 is 10.9 Å². The third-order valence-electron chi connectivity index (χ3n) is 7.23. The van der Waals surface area contributed by atoms with E-state index in [1.807, 2.05) is 18.3 Å². The van der Waals surface area contributed by atoms with E-state index in [0.29, 0.717) is 17.9 Å². The minimum Gasteiger partial charge on any atom is -0.497 e. The Morgan fingerprint density at radius 2 is 1.97 bits per heavy atom. The molecule has 0 spiro atoms. The van der Waals surface area contributed by atoms with Gasteiger partial charge in [0.1, 0.15) is 5.75 Å². The summed E-state index contributed by atoms with van der Waals surface area (Å²) in [6.45, 7) is 4.65. The number of likely N-dealkylation sites (tertiary alicyclic amines) is 1. The molecule has 2 aromatic carbocycles. The van der Waals surface area contributed by atoms with Gasteiger partial charge in [-0.05, 0) is 85.9 Å². The molecule has 3 aromatic rings. The Bertz CT molecular complexity index is 991. The van der Waals surface area contributed by atoms with Crippen molar-refractivity contribution in [1.82, 2.24) is 9.88 Å². The van der Waals surface area contributed by atoms with Crippen LogP contribution in [0.5, 0.6) is 5.75 Å². The summed E-state index contributed by atoms with van der Waals surface area (Å²) in [6, 6.07) is 19.5. The van der Waals surface area contributed by atoms with Crippen molar-refractivity contribution in [2.75, 3.05) is 26.8 Å². The molecule has 32 heavy (non-hydrogen) atoms. The van der Waals surface area contributed by atoms with Crippen molar-refractivity contribution < 1.29 is 9.84 Å². The molecule has 1 fully saturated rings. The highest BCUT2D eigenvalue weighted by atomic mass is 16.5. The van der Waals surface area contributed by atoms with Crippen LogP contribution in [-0.2, 0) is 6.42 Å². The third-order valence-corrected chi connectivity index (χ3v) is 7.23. The van der Waals surface area contributed by atoms with E-state index in [0.717, 1.165) is 50.0 Å². The van der Waals surface area contributed by atoms with Crippen LogP contribution in [0.4, 0.5) is 0 Å². The van der Waals surface area contributed by atoms with Gasteiger partial charge in [0, 0.05) is 30.8 Å². The number of benzene rings is 2. The molecule has 1 saturated heterocycles. The maximum absolute atomic E-state index is 10.2. The average molecular weight is 433 g/mol. The SMILES string of the molecule is CCC(c1ccccc1)N1CCC(CCCc2ccnc3ccc(OC)cc23)C(CO)C1. The number of fused-ring (bicyclic) bond motifs is 1. The summed E-state index contributed by atoms with van der Waals surface area (Å²) in [7, 11) is 1.71. The number of aliphatic hydroxyl groups excluding tert-OH is 1. The van der Waals surface area contributed by atoms with Crippen LogP contribution in [-0.4, -0.2) is 41.8 Å². The number of ether oxygens (including phenoxy) is 1. The fourth-order valence-corrected chi connectivity index (χ4v) is 5.44. The largest absolute Gasteiger partial charge is 0.497 e. The average Bonchev–Trinajstić information content (AvgIpc) is 2.85. The molecular weight excluding hydrogens is 396 g/mol. The Morgan fingerprint density at radius 1 is 1.12 bits per heavy atom. The van der Waals surface area contributed by atoms with Crippen LogP contribution in [0.1, 0.15) is 49.8 Å². The topological polar surface area (TPSA) is 45.6 Å². The quantitative estimate of drug-likeness (QED) is 0.475. The number of rotatable bonds is 9. The lowest BCUT2D eigenvalue weighted by atomic mass is 9.81. The van der Waals surface area contributed by atoms with Crippen LogP contribution < -0.4 is 4.74 Å². The summed E-state index contributed by atoms with van der Waals surface area (Å²) in [6.07, 6.45) is 7.51. The van der Waals surface area contributed by atoms with Crippen molar-refractivity contribution in [1.29, 1.82) is 0 Å². The van der Waals surface area contributed by atoms with Crippen molar-refractivity contribution in [2.24, 2.45) is 11.8 Å². The van der Waals surface area contributed by atoms with Crippen molar-refractivity contribution in [3.63, 3.8) is 0 Å². The number of pyridine rings is 1. The Morgan fingerprint density at radius 3 is 2.72 bits per heavy atom. The fraction of sp³-hybridized carbons (Fsp3) is 0.464. The second-order valence-electron chi connectivity index (χ2n) is 9.07. The Hall–Kier alpha value is -2.43. The van der Waals surface area contributed by atoms with Crippen molar-refractivity contribution in [3.8, 4) is 5.75 Å². The zero-order chi connectivity index (χ0) is 22.3. The van der Waals surface area contributed by atoms with Crippen LogP contribution in [0.15, 0.2) is 60.8 Å². The van der Waals surface area contributed by atoms with E-state index in [9.17, 15) is 5.11 Å². The van der Waals surface area contributed by atoms with Gasteiger partial charge in [0.25, 0.3) is 0 Å². The molecule has 1 aromatic heterocycles. The lowest BCUT2D eigenvalue weighted by Gasteiger charge is -2.42. The van der Waals surface area contributed by atoms with Gasteiger partial charge in [-0.3, -0.25) is 9.88 Å². The van der Waals surface area contributed by atoms with E-state index in [4.69, 9.17) is 4.74 Å². The molecule has 4 heteroatoms. The molecule has 2 heterocycles. The number of methoxy groups -OCH3 is 1. The zero-order valence-electron chi connectivity index (χ0n) is 19.4. The second kappa shape index (κ2) is 10.9. The van der Waals surface area contributed by atoms with E-state index >= 15 is 0 Å². The predicted molar refractivity (Wildman–Crippen MR) is 131 cm³/mol. The van der Waals surface area contributed by atoms with Crippen LogP contribution in [0, 0.1) is 11.8 Å². The van der Waals surface area contributed by atoms with E-state index in [1.165, 1.54) is 22.9 Å². The molecule has 0 radical (unpaired) electrons. The number of hydrogen-bond acceptors (Lipinski definition) is 4. The first kappa shape index (κ1) is 22.8. The molecule has 1 aliphatic rings. The first-order chi connectivity index (χ1) is 15.7. The summed E-state index contributed by atoms with van der Waals surface area (Å²) >= 11 is 0. The molecule has 1 N–H and O–H groups in total. The summed E-state index contributed by atoms with van der Waals surface area (Å²) in [5, 5.41) is 11.4. The van der Waals surface area contributed by atoms with E-state index < -0.39 is 0 Å². The summed E-state index contributed by atoms with van der Waals surface area (Å²) in [5.41, 5.74) is 3.75. The highest BCUT2D eigenvalue weighted by Crippen LogP contribution is 2.34. The molecule has 4 rings (SSSR count). The molecule has 0 bridgehead atoms. The van der Waals surface area contributed by atoms with Gasteiger partial charge in [-0.15, -0.1) is 0 Å². The van der Waals surface area contributed by atoms with E-state index in [-0.39, 0.29) is 6.61 Å². The van der Waals surface area contributed by atoms with Gasteiger partial charge in [-0.2, -0.15) is 0 Å². The first-order valence-electron chi connectivity index (χ1n) is 12.0. The van der Waals surface area contributed by atoms with Gasteiger partial charge in [0.2, 0.25) is 0 Å². The van der Waals surface area contributed by atoms with Gasteiger partial charge in [0.05, 0.1) is 12.6 Å². The summed E-state index contributed by atoms with van der Waals surface area (Å²) in [4.78, 5) is 7.10. The molecular formula is C28H36N2O2. The zero-order valence-corrected chi connectivity index (χ0v) is 19.4. The number of piperidine rings is 1. The summed E-state index contributed by atoms with van der Waals surface area (Å²) < 4.78 is 5.42. The molecule has 0 aliphatic carbocycles. The monoisotopic (exact) mass is 432 g/mol. The molecule has 0 amide bonds. The maximum Gasteiger partial charge on any atom is 0.119 e. The van der Waals surface area contributed by atoms with E-state index in [1.54, 1.807) is 7.11 Å². The third kappa shape index (κ3) is 5.13. The van der Waals surface area contributed by atoms with Crippen LogP contribution >= 0.6 is 0 Å². The highest BCUT2D eigenvalue weighted by molar-refractivity contribution is 5.83. The molecule has 4 nitrogen and oxygen atoms in total. The van der Waals surface area contributed by atoms with Gasteiger partial charge in [-0.25, -0.2) is 0 Å². The second-order valence-corrected chi connectivity index (χ2v) is 9.07. The minimum absolute atomic E-state index is 0.280. The van der Waals surface area contributed by atoms with E-state index in [2.05, 4.69) is 59.3 Å². The Balaban J connectivity index is 1.37. The van der Waals surface area contributed by atoms with Gasteiger partial charge < -0.3 is 9.84 Å². The molecule has 1 aliphatic heterocycles. The van der Waals surface area contributed by atoms with Crippen molar-refractivity contribution in [3.05, 3.63) is 71.9 Å². The molecule has 0 saturated carbocycles. The lowest BCUT2D eigenvalue weighted by molar-refractivity contribution is 0.0414. The van der Waals surface area contributed by atoms with Crippen LogP contribution in [0.3, 0.4) is 0 Å². The van der Waals surface area contributed by atoms with Gasteiger partial charge in [0.15, 0.2) is 0 Å². The lowest BCUT2D eigenvalue weighted by Crippen LogP contribution is -2.43. The van der Waals surface area contributed by atoms with Gasteiger partial charge >= 0.3 is 0 Å². The number of aliphatic hydroxyl groups is 1. The van der Waals surface area contributed by atoms with Crippen LogP contribution in [0.2, 0.25) is 0 Å². The Kier molecular flexibility index (Phi) is 7.77. The highest BCUT2D eigenvalue weighted by Gasteiger charge is 2.31. The van der Waals surface area contributed by atoms with Crippen molar-refractivity contribution in [2.45, 2.75) is 45.1 Å². The standard InChI is InChI=1S/C28H36N2O2/c1-3-28(23-8-5-4-6-9-23)30-17-15-21(24(19-30)20-31)10-7-11-22-14-16-29-27-13-12-25(32-2)18-26(22)27/h4-6,8-9,12-14,16,18,21,24,28,31H,3,7,10-11,15,17,19-20H2,1-2H3.